The number of rotatable bonds is 6. The molecule has 0 saturated carbocycles. The van der Waals surface area contributed by atoms with Gasteiger partial charge in [0.05, 0.1) is 6.54 Å². The monoisotopic (exact) mass is 368 g/mol. The van der Waals surface area contributed by atoms with Crippen molar-refractivity contribution >= 4 is 11.8 Å². The zero-order valence-electron chi connectivity index (χ0n) is 15.3. The van der Waals surface area contributed by atoms with Gasteiger partial charge < -0.3 is 20.1 Å². The van der Waals surface area contributed by atoms with E-state index in [0.717, 1.165) is 12.8 Å². The van der Waals surface area contributed by atoms with Gasteiger partial charge in [0.2, 0.25) is 0 Å². The molecule has 2 N–H and O–H groups in total. The van der Waals surface area contributed by atoms with E-state index in [1.54, 1.807) is 0 Å². The number of hydrogen-bond acceptors (Lipinski definition) is 4. The molecule has 2 aromatic carbocycles. The number of carbonyl (C=O) groups is 2. The van der Waals surface area contributed by atoms with Gasteiger partial charge in [0, 0.05) is 6.04 Å². The third-order valence-electron chi connectivity index (χ3n) is 4.35. The lowest BCUT2D eigenvalue weighted by Crippen LogP contribution is -2.47. The van der Waals surface area contributed by atoms with Crippen LogP contribution in [0.3, 0.4) is 0 Å². The predicted octanol–water partition coefficient (Wildman–Crippen LogP) is 2.08. The van der Waals surface area contributed by atoms with E-state index >= 15 is 0 Å². The summed E-state index contributed by atoms with van der Waals surface area (Å²) in [6, 6.07) is 17.3. The Morgan fingerprint density at radius 1 is 1.04 bits per heavy atom. The molecule has 2 aromatic rings. The first-order valence-corrected chi connectivity index (χ1v) is 9.13. The maximum atomic E-state index is 12.0. The smallest absolute Gasteiger partial charge is 0.309 e. The SMILES string of the molecule is CC(CCc1ccccc1)NC(=O)C(=O)NCC1COc2ccccc2O1. The van der Waals surface area contributed by atoms with Gasteiger partial charge in [-0.3, -0.25) is 9.59 Å². The van der Waals surface area contributed by atoms with Crippen LogP contribution in [0.5, 0.6) is 11.5 Å². The summed E-state index contributed by atoms with van der Waals surface area (Å²) in [5.74, 6) is 0.0313. The van der Waals surface area contributed by atoms with E-state index < -0.39 is 11.8 Å². The van der Waals surface area contributed by atoms with Crippen molar-refractivity contribution in [3.05, 3.63) is 60.2 Å². The van der Waals surface area contributed by atoms with Crippen LogP contribution in [0.25, 0.3) is 0 Å². The topological polar surface area (TPSA) is 76.7 Å². The Bertz CT molecular complexity index is 779. The minimum Gasteiger partial charge on any atom is -0.486 e. The lowest BCUT2D eigenvalue weighted by Gasteiger charge is -2.26. The Kier molecular flexibility index (Phi) is 6.30. The maximum Gasteiger partial charge on any atom is 0.309 e. The minimum atomic E-state index is -0.663. The third-order valence-corrected chi connectivity index (χ3v) is 4.35. The highest BCUT2D eigenvalue weighted by Crippen LogP contribution is 2.30. The van der Waals surface area contributed by atoms with E-state index in [2.05, 4.69) is 10.6 Å². The van der Waals surface area contributed by atoms with Gasteiger partial charge in [-0.05, 0) is 37.5 Å². The predicted molar refractivity (Wildman–Crippen MR) is 102 cm³/mol. The van der Waals surface area contributed by atoms with Crippen LogP contribution in [0.1, 0.15) is 18.9 Å². The van der Waals surface area contributed by atoms with E-state index in [9.17, 15) is 9.59 Å². The van der Waals surface area contributed by atoms with Crippen molar-refractivity contribution in [2.45, 2.75) is 31.9 Å². The van der Waals surface area contributed by atoms with Gasteiger partial charge >= 0.3 is 11.8 Å². The van der Waals surface area contributed by atoms with Crippen molar-refractivity contribution in [1.29, 1.82) is 0 Å². The van der Waals surface area contributed by atoms with E-state index in [-0.39, 0.29) is 18.7 Å². The summed E-state index contributed by atoms with van der Waals surface area (Å²) in [6.07, 6.45) is 1.28. The fraction of sp³-hybridized carbons (Fsp3) is 0.333. The number of nitrogens with one attached hydrogen (secondary N) is 2. The zero-order valence-corrected chi connectivity index (χ0v) is 15.3. The molecule has 0 aliphatic carbocycles. The molecule has 0 bridgehead atoms. The normalized spacial score (nSPS) is 16.3. The van der Waals surface area contributed by atoms with Crippen molar-refractivity contribution in [2.75, 3.05) is 13.2 Å². The summed E-state index contributed by atoms with van der Waals surface area (Å²) in [7, 11) is 0. The Balaban J connectivity index is 1.38. The summed E-state index contributed by atoms with van der Waals surface area (Å²) >= 11 is 0. The number of ether oxygens (including phenoxy) is 2. The first-order chi connectivity index (χ1) is 13.1. The highest BCUT2D eigenvalue weighted by molar-refractivity contribution is 6.35. The summed E-state index contributed by atoms with van der Waals surface area (Å²) in [5, 5.41) is 5.34. The Morgan fingerprint density at radius 2 is 1.74 bits per heavy atom. The molecule has 27 heavy (non-hydrogen) atoms. The fourth-order valence-electron chi connectivity index (χ4n) is 2.84. The van der Waals surface area contributed by atoms with E-state index in [1.807, 2.05) is 61.5 Å². The standard InChI is InChI=1S/C21H24N2O4/c1-15(11-12-16-7-3-2-4-8-16)23-21(25)20(24)22-13-17-14-26-18-9-5-6-10-19(18)27-17/h2-10,15,17H,11-14H2,1H3,(H,22,24)(H,23,25). The van der Waals surface area contributed by atoms with E-state index in [0.29, 0.717) is 18.1 Å². The minimum absolute atomic E-state index is 0.0930. The average Bonchev–Trinajstić information content (AvgIpc) is 2.71. The quantitative estimate of drug-likeness (QED) is 0.766. The van der Waals surface area contributed by atoms with Crippen LogP contribution in [0, 0.1) is 0 Å². The second kappa shape index (κ2) is 9.07. The van der Waals surface area contributed by atoms with Crippen molar-refractivity contribution in [2.24, 2.45) is 0 Å². The van der Waals surface area contributed by atoms with Gasteiger partial charge in [-0.2, -0.15) is 0 Å². The number of fused-ring (bicyclic) bond motifs is 1. The van der Waals surface area contributed by atoms with Crippen LogP contribution in [-0.4, -0.2) is 37.1 Å². The van der Waals surface area contributed by atoms with Crippen LogP contribution in [0.15, 0.2) is 54.6 Å². The zero-order chi connectivity index (χ0) is 19.1. The number of para-hydroxylation sites is 2. The van der Waals surface area contributed by atoms with Gasteiger partial charge in [0.25, 0.3) is 0 Å². The van der Waals surface area contributed by atoms with Gasteiger partial charge in [0.15, 0.2) is 11.5 Å². The molecule has 2 amide bonds. The van der Waals surface area contributed by atoms with Crippen LogP contribution in [0.2, 0.25) is 0 Å². The van der Waals surface area contributed by atoms with Gasteiger partial charge in [-0.15, -0.1) is 0 Å². The molecular weight excluding hydrogens is 344 g/mol. The van der Waals surface area contributed by atoms with Gasteiger partial charge in [-0.25, -0.2) is 0 Å². The van der Waals surface area contributed by atoms with Crippen molar-refractivity contribution < 1.29 is 19.1 Å². The number of carbonyl (C=O) groups excluding carboxylic acids is 2. The molecule has 1 aliphatic heterocycles. The second-order valence-electron chi connectivity index (χ2n) is 6.61. The molecule has 6 nitrogen and oxygen atoms in total. The number of hydrogen-bond donors (Lipinski definition) is 2. The molecule has 3 rings (SSSR count). The highest BCUT2D eigenvalue weighted by atomic mass is 16.6. The Labute approximate surface area is 158 Å². The fourth-order valence-corrected chi connectivity index (χ4v) is 2.84. The van der Waals surface area contributed by atoms with Crippen LogP contribution >= 0.6 is 0 Å². The molecule has 0 aromatic heterocycles. The molecule has 0 radical (unpaired) electrons. The molecular formula is C21H24N2O4. The highest BCUT2D eigenvalue weighted by Gasteiger charge is 2.23. The van der Waals surface area contributed by atoms with Crippen LogP contribution in [0.4, 0.5) is 0 Å². The summed E-state index contributed by atoms with van der Waals surface area (Å²) < 4.78 is 11.3. The van der Waals surface area contributed by atoms with Crippen LogP contribution < -0.4 is 20.1 Å². The Morgan fingerprint density at radius 3 is 2.52 bits per heavy atom. The molecule has 142 valence electrons. The van der Waals surface area contributed by atoms with Crippen molar-refractivity contribution in [3.8, 4) is 11.5 Å². The largest absolute Gasteiger partial charge is 0.486 e. The van der Waals surface area contributed by atoms with E-state index in [4.69, 9.17) is 9.47 Å². The number of aryl methyl sites for hydroxylation is 1. The summed E-state index contributed by atoms with van der Waals surface area (Å²) in [4.78, 5) is 24.1. The van der Waals surface area contributed by atoms with Crippen molar-refractivity contribution in [1.82, 2.24) is 10.6 Å². The van der Waals surface area contributed by atoms with Crippen molar-refractivity contribution in [3.63, 3.8) is 0 Å². The molecule has 1 aliphatic rings. The molecule has 1 heterocycles. The Hall–Kier alpha value is -3.02. The number of amides is 2. The first kappa shape index (κ1) is 18.8. The van der Waals surface area contributed by atoms with E-state index in [1.165, 1.54) is 5.56 Å². The maximum absolute atomic E-state index is 12.0. The molecule has 6 heteroatoms. The molecule has 0 fully saturated rings. The molecule has 2 atom stereocenters. The number of benzene rings is 2. The average molecular weight is 368 g/mol. The van der Waals surface area contributed by atoms with Crippen LogP contribution in [-0.2, 0) is 16.0 Å². The lowest BCUT2D eigenvalue weighted by molar-refractivity contribution is -0.139. The molecule has 0 saturated heterocycles. The van der Waals surface area contributed by atoms with Gasteiger partial charge in [0.1, 0.15) is 12.7 Å². The second-order valence-corrected chi connectivity index (χ2v) is 6.61. The molecule has 2 unspecified atom stereocenters. The molecule has 0 spiro atoms. The lowest BCUT2D eigenvalue weighted by atomic mass is 10.1. The summed E-state index contributed by atoms with van der Waals surface area (Å²) in [6.45, 7) is 2.43. The summed E-state index contributed by atoms with van der Waals surface area (Å²) in [5.41, 5.74) is 1.21. The first-order valence-electron chi connectivity index (χ1n) is 9.13. The third kappa shape index (κ3) is 5.48. The van der Waals surface area contributed by atoms with Gasteiger partial charge in [-0.1, -0.05) is 42.5 Å².